The molecule has 0 bridgehead atoms. The molecular weight excluding hydrogens is 276 g/mol. The molecule has 3 fully saturated rings. The van der Waals surface area contributed by atoms with Gasteiger partial charge in [0.05, 0.1) is 6.10 Å². The van der Waals surface area contributed by atoms with Gasteiger partial charge in [0.25, 0.3) is 0 Å². The Kier molecular flexibility index (Phi) is 5.19. The molecule has 1 amide bonds. The van der Waals surface area contributed by atoms with Crippen molar-refractivity contribution in [1.82, 2.24) is 9.80 Å². The van der Waals surface area contributed by atoms with E-state index in [1.807, 2.05) is 11.0 Å². The summed E-state index contributed by atoms with van der Waals surface area (Å²) in [5.74, 6) is 0.309. The van der Waals surface area contributed by atoms with Crippen LogP contribution in [0.2, 0.25) is 0 Å². The first-order chi connectivity index (χ1) is 10.7. The first kappa shape index (κ1) is 16.0. The molecule has 4 nitrogen and oxygen atoms in total. The molecule has 22 heavy (non-hydrogen) atoms. The highest BCUT2D eigenvalue weighted by Crippen LogP contribution is 2.40. The molecule has 0 radical (unpaired) electrons. The lowest BCUT2D eigenvalue weighted by Crippen LogP contribution is -2.52. The van der Waals surface area contributed by atoms with Crippen molar-refractivity contribution in [2.45, 2.75) is 51.0 Å². The smallest absolute Gasteiger partial charge is 0.222 e. The third-order valence-corrected chi connectivity index (χ3v) is 5.75. The summed E-state index contributed by atoms with van der Waals surface area (Å²) in [5, 5.41) is 0. The standard InChI is InChI=1S/C18H30N2O2/c1-2-10-20-15-18(7-6-17(20)21)8-11-19(12-9-18)14-16-5-3-4-13-22-16/h2,16H,1,3-15H2. The summed E-state index contributed by atoms with van der Waals surface area (Å²) in [6.45, 7) is 9.80. The van der Waals surface area contributed by atoms with Crippen LogP contribution in [0.3, 0.4) is 0 Å². The molecule has 1 unspecified atom stereocenters. The second-order valence-electron chi connectivity index (χ2n) is 7.35. The van der Waals surface area contributed by atoms with Gasteiger partial charge in [-0.25, -0.2) is 0 Å². The van der Waals surface area contributed by atoms with Crippen molar-refractivity contribution < 1.29 is 9.53 Å². The summed E-state index contributed by atoms with van der Waals surface area (Å²) in [6.07, 6.45) is 10.3. The van der Waals surface area contributed by atoms with E-state index in [4.69, 9.17) is 4.74 Å². The first-order valence-electron chi connectivity index (χ1n) is 8.93. The van der Waals surface area contributed by atoms with Crippen molar-refractivity contribution in [2.24, 2.45) is 5.41 Å². The van der Waals surface area contributed by atoms with Crippen molar-refractivity contribution in [3.63, 3.8) is 0 Å². The number of nitrogens with zero attached hydrogens (tertiary/aromatic N) is 2. The zero-order chi connectivity index (χ0) is 15.4. The second kappa shape index (κ2) is 7.14. The number of rotatable bonds is 4. The van der Waals surface area contributed by atoms with Crippen molar-refractivity contribution in [3.05, 3.63) is 12.7 Å². The summed E-state index contributed by atoms with van der Waals surface area (Å²) in [4.78, 5) is 16.6. The Labute approximate surface area is 134 Å². The Morgan fingerprint density at radius 1 is 1.27 bits per heavy atom. The fraction of sp³-hybridized carbons (Fsp3) is 0.833. The summed E-state index contributed by atoms with van der Waals surface area (Å²) >= 11 is 0. The first-order valence-corrected chi connectivity index (χ1v) is 8.93. The van der Waals surface area contributed by atoms with Gasteiger partial charge in [-0.05, 0) is 57.0 Å². The Morgan fingerprint density at radius 2 is 2.09 bits per heavy atom. The number of hydrogen-bond acceptors (Lipinski definition) is 3. The molecule has 1 atom stereocenters. The van der Waals surface area contributed by atoms with E-state index >= 15 is 0 Å². The van der Waals surface area contributed by atoms with Crippen LogP contribution in [0.1, 0.15) is 44.9 Å². The minimum Gasteiger partial charge on any atom is -0.377 e. The van der Waals surface area contributed by atoms with Gasteiger partial charge in [-0.3, -0.25) is 4.79 Å². The highest BCUT2D eigenvalue weighted by molar-refractivity contribution is 5.77. The third kappa shape index (κ3) is 3.72. The van der Waals surface area contributed by atoms with Gasteiger partial charge in [0, 0.05) is 32.7 Å². The van der Waals surface area contributed by atoms with E-state index in [9.17, 15) is 4.79 Å². The molecule has 3 heterocycles. The molecule has 0 aromatic carbocycles. The fourth-order valence-electron chi connectivity index (χ4n) is 4.28. The molecular formula is C18H30N2O2. The largest absolute Gasteiger partial charge is 0.377 e. The quantitative estimate of drug-likeness (QED) is 0.748. The summed E-state index contributed by atoms with van der Waals surface area (Å²) < 4.78 is 5.88. The molecule has 0 aliphatic carbocycles. The van der Waals surface area contributed by atoms with Gasteiger partial charge in [-0.15, -0.1) is 6.58 Å². The lowest BCUT2D eigenvalue weighted by molar-refractivity contribution is -0.138. The minimum absolute atomic E-state index is 0.309. The Bertz CT molecular complexity index is 396. The van der Waals surface area contributed by atoms with Gasteiger partial charge in [-0.2, -0.15) is 0 Å². The van der Waals surface area contributed by atoms with Crippen molar-refractivity contribution in [1.29, 1.82) is 0 Å². The van der Waals surface area contributed by atoms with Gasteiger partial charge in [0.1, 0.15) is 0 Å². The average molecular weight is 306 g/mol. The Morgan fingerprint density at radius 3 is 2.77 bits per heavy atom. The maximum absolute atomic E-state index is 12.0. The predicted molar refractivity (Wildman–Crippen MR) is 87.7 cm³/mol. The molecule has 0 aromatic rings. The minimum atomic E-state index is 0.309. The maximum Gasteiger partial charge on any atom is 0.222 e. The number of ether oxygens (including phenoxy) is 1. The zero-order valence-corrected chi connectivity index (χ0v) is 13.8. The van der Waals surface area contributed by atoms with Crippen molar-refractivity contribution >= 4 is 5.91 Å². The maximum atomic E-state index is 12.0. The van der Waals surface area contributed by atoms with Crippen LogP contribution < -0.4 is 0 Å². The van der Waals surface area contributed by atoms with Gasteiger partial charge < -0.3 is 14.5 Å². The van der Waals surface area contributed by atoms with E-state index in [1.54, 1.807) is 0 Å². The normalized spacial score (nSPS) is 29.7. The monoisotopic (exact) mass is 306 g/mol. The molecule has 0 N–H and O–H groups in total. The fourth-order valence-corrected chi connectivity index (χ4v) is 4.28. The van der Waals surface area contributed by atoms with E-state index in [0.29, 0.717) is 24.0 Å². The number of amides is 1. The Hall–Kier alpha value is -0.870. The molecule has 3 aliphatic rings. The lowest BCUT2D eigenvalue weighted by Gasteiger charge is -2.47. The average Bonchev–Trinajstić information content (AvgIpc) is 2.55. The van der Waals surface area contributed by atoms with Crippen LogP contribution in [-0.4, -0.2) is 61.1 Å². The van der Waals surface area contributed by atoms with E-state index in [2.05, 4.69) is 11.5 Å². The van der Waals surface area contributed by atoms with Crippen LogP contribution in [0.4, 0.5) is 0 Å². The second-order valence-corrected chi connectivity index (χ2v) is 7.35. The SMILES string of the molecule is C=CCN1CC2(CCC1=O)CCN(CC1CCCCO1)CC2. The number of likely N-dealkylation sites (tertiary alicyclic amines) is 2. The van der Waals surface area contributed by atoms with E-state index in [-0.39, 0.29) is 0 Å². The highest BCUT2D eigenvalue weighted by Gasteiger charge is 2.40. The molecule has 0 aromatic heterocycles. The zero-order valence-electron chi connectivity index (χ0n) is 13.8. The van der Waals surface area contributed by atoms with Gasteiger partial charge >= 0.3 is 0 Å². The van der Waals surface area contributed by atoms with Crippen LogP contribution >= 0.6 is 0 Å². The van der Waals surface area contributed by atoms with Crippen molar-refractivity contribution in [2.75, 3.05) is 39.3 Å². The van der Waals surface area contributed by atoms with Crippen LogP contribution in [0, 0.1) is 5.41 Å². The predicted octanol–water partition coefficient (Wildman–Crippen LogP) is 2.45. The molecule has 3 rings (SSSR count). The third-order valence-electron chi connectivity index (χ3n) is 5.75. The van der Waals surface area contributed by atoms with Gasteiger partial charge in [0.15, 0.2) is 0 Å². The number of piperidine rings is 2. The summed E-state index contributed by atoms with van der Waals surface area (Å²) in [5.41, 5.74) is 0.362. The van der Waals surface area contributed by atoms with E-state index in [1.165, 1.54) is 32.1 Å². The number of hydrogen-bond donors (Lipinski definition) is 0. The van der Waals surface area contributed by atoms with Crippen LogP contribution in [0.25, 0.3) is 0 Å². The Balaban J connectivity index is 1.49. The number of carbonyl (C=O) groups is 1. The molecule has 3 saturated heterocycles. The van der Waals surface area contributed by atoms with Gasteiger partial charge in [-0.1, -0.05) is 6.08 Å². The molecule has 0 saturated carbocycles. The molecule has 4 heteroatoms. The highest BCUT2D eigenvalue weighted by atomic mass is 16.5. The van der Waals surface area contributed by atoms with E-state index in [0.717, 1.165) is 45.6 Å². The molecule has 3 aliphatic heterocycles. The number of carbonyl (C=O) groups excluding carboxylic acids is 1. The van der Waals surface area contributed by atoms with Crippen molar-refractivity contribution in [3.8, 4) is 0 Å². The molecule has 1 spiro atoms. The van der Waals surface area contributed by atoms with Gasteiger partial charge in [0.2, 0.25) is 5.91 Å². The van der Waals surface area contributed by atoms with E-state index < -0.39 is 0 Å². The van der Waals surface area contributed by atoms with Crippen LogP contribution in [-0.2, 0) is 9.53 Å². The van der Waals surface area contributed by atoms with Crippen LogP contribution in [0.5, 0.6) is 0 Å². The summed E-state index contributed by atoms with van der Waals surface area (Å²) in [6, 6.07) is 0. The molecule has 124 valence electrons. The topological polar surface area (TPSA) is 32.8 Å². The summed E-state index contributed by atoms with van der Waals surface area (Å²) in [7, 11) is 0. The lowest BCUT2D eigenvalue weighted by atomic mass is 9.72. The van der Waals surface area contributed by atoms with Crippen LogP contribution in [0.15, 0.2) is 12.7 Å².